The Kier molecular flexibility index (Phi) is 4.41. The molecular weight excluding hydrogens is 288 g/mol. The van der Waals surface area contributed by atoms with E-state index in [-0.39, 0.29) is 28.0 Å². The SMILES string of the molecule is O=C(O)c1cc([N+](=O)[O-])cc(Cl)c1NC1CCOCC1. The van der Waals surface area contributed by atoms with Gasteiger partial charge in [0.05, 0.1) is 21.2 Å². The van der Waals surface area contributed by atoms with Crippen LogP contribution in [0.2, 0.25) is 5.02 Å². The summed E-state index contributed by atoms with van der Waals surface area (Å²) in [6.07, 6.45) is 1.46. The Morgan fingerprint density at radius 3 is 2.65 bits per heavy atom. The fourth-order valence-corrected chi connectivity index (χ4v) is 2.33. The Bertz CT molecular complexity index is 543. The molecule has 0 atom stereocenters. The minimum Gasteiger partial charge on any atom is -0.478 e. The van der Waals surface area contributed by atoms with Crippen LogP contribution >= 0.6 is 11.6 Å². The number of non-ortho nitro benzene ring substituents is 1. The highest BCUT2D eigenvalue weighted by Gasteiger charge is 2.23. The van der Waals surface area contributed by atoms with E-state index in [0.717, 1.165) is 25.0 Å². The van der Waals surface area contributed by atoms with E-state index in [1.807, 2.05) is 0 Å². The fourth-order valence-electron chi connectivity index (χ4n) is 2.06. The lowest BCUT2D eigenvalue weighted by Crippen LogP contribution is -2.28. The van der Waals surface area contributed by atoms with Gasteiger partial charge in [0, 0.05) is 31.4 Å². The molecule has 0 saturated carbocycles. The maximum Gasteiger partial charge on any atom is 0.338 e. The van der Waals surface area contributed by atoms with Gasteiger partial charge in [-0.25, -0.2) is 4.79 Å². The van der Waals surface area contributed by atoms with Crippen LogP contribution in [0.15, 0.2) is 12.1 Å². The number of anilines is 1. The number of aromatic carboxylic acids is 1. The molecule has 0 aromatic heterocycles. The Morgan fingerprint density at radius 1 is 1.45 bits per heavy atom. The first-order valence-corrected chi connectivity index (χ1v) is 6.42. The number of halogens is 1. The number of carboxylic acids is 1. The predicted octanol–water partition coefficient (Wildman–Crippen LogP) is 2.54. The first kappa shape index (κ1) is 14.5. The van der Waals surface area contributed by atoms with Crippen molar-refractivity contribution in [3.63, 3.8) is 0 Å². The number of ether oxygens (including phenoxy) is 1. The van der Waals surface area contributed by atoms with Crippen molar-refractivity contribution < 1.29 is 19.6 Å². The Hall–Kier alpha value is -1.86. The molecular formula is C12H13ClN2O5. The topological polar surface area (TPSA) is 102 Å². The van der Waals surface area contributed by atoms with Crippen LogP contribution in [0.3, 0.4) is 0 Å². The fraction of sp³-hybridized carbons (Fsp3) is 0.417. The lowest BCUT2D eigenvalue weighted by Gasteiger charge is -2.25. The molecule has 1 aliphatic heterocycles. The largest absolute Gasteiger partial charge is 0.478 e. The van der Waals surface area contributed by atoms with Gasteiger partial charge in [-0.3, -0.25) is 10.1 Å². The number of nitro benzene ring substituents is 1. The Morgan fingerprint density at radius 2 is 2.10 bits per heavy atom. The molecule has 1 aromatic carbocycles. The molecule has 1 fully saturated rings. The number of nitrogens with zero attached hydrogens (tertiary/aromatic N) is 1. The van der Waals surface area contributed by atoms with Gasteiger partial charge in [-0.15, -0.1) is 0 Å². The molecule has 7 nitrogen and oxygen atoms in total. The second kappa shape index (κ2) is 6.06. The second-order valence-electron chi connectivity index (χ2n) is 4.44. The van der Waals surface area contributed by atoms with Crippen LogP contribution in [-0.2, 0) is 4.74 Å². The lowest BCUT2D eigenvalue weighted by molar-refractivity contribution is -0.384. The number of rotatable bonds is 4. The van der Waals surface area contributed by atoms with E-state index in [0.29, 0.717) is 13.2 Å². The molecule has 2 rings (SSSR count). The average Bonchev–Trinajstić information content (AvgIpc) is 2.41. The summed E-state index contributed by atoms with van der Waals surface area (Å²) in [5.41, 5.74) is -0.322. The van der Waals surface area contributed by atoms with E-state index in [9.17, 15) is 20.0 Å². The van der Waals surface area contributed by atoms with Gasteiger partial charge < -0.3 is 15.2 Å². The highest BCUT2D eigenvalue weighted by atomic mass is 35.5. The molecule has 8 heteroatoms. The van der Waals surface area contributed by atoms with E-state index < -0.39 is 10.9 Å². The van der Waals surface area contributed by atoms with Crippen molar-refractivity contribution in [1.29, 1.82) is 0 Å². The van der Waals surface area contributed by atoms with Crippen molar-refractivity contribution in [2.75, 3.05) is 18.5 Å². The van der Waals surface area contributed by atoms with Crippen LogP contribution in [0.25, 0.3) is 0 Å². The number of nitro groups is 1. The van der Waals surface area contributed by atoms with Crippen LogP contribution in [0, 0.1) is 10.1 Å². The van der Waals surface area contributed by atoms with Gasteiger partial charge >= 0.3 is 5.97 Å². The molecule has 0 radical (unpaired) electrons. The molecule has 1 aromatic rings. The summed E-state index contributed by atoms with van der Waals surface area (Å²) < 4.78 is 5.22. The summed E-state index contributed by atoms with van der Waals surface area (Å²) in [5.74, 6) is -1.26. The number of carboxylic acid groups (broad SMARTS) is 1. The molecule has 1 heterocycles. The van der Waals surface area contributed by atoms with Gasteiger partial charge in [-0.2, -0.15) is 0 Å². The summed E-state index contributed by atoms with van der Waals surface area (Å²) in [6.45, 7) is 1.18. The van der Waals surface area contributed by atoms with Gasteiger partial charge in [0.2, 0.25) is 0 Å². The highest BCUT2D eigenvalue weighted by molar-refractivity contribution is 6.34. The molecule has 20 heavy (non-hydrogen) atoms. The second-order valence-corrected chi connectivity index (χ2v) is 4.85. The predicted molar refractivity (Wildman–Crippen MR) is 72.5 cm³/mol. The average molecular weight is 301 g/mol. The molecule has 0 unspecified atom stereocenters. The summed E-state index contributed by atoms with van der Waals surface area (Å²) in [6, 6.07) is 2.20. The smallest absolute Gasteiger partial charge is 0.338 e. The molecule has 1 aliphatic rings. The number of carbonyl (C=O) groups is 1. The third-order valence-corrected chi connectivity index (χ3v) is 3.38. The molecule has 0 spiro atoms. The van der Waals surface area contributed by atoms with Gasteiger partial charge in [-0.1, -0.05) is 11.6 Å². The lowest BCUT2D eigenvalue weighted by atomic mass is 10.1. The summed E-state index contributed by atoms with van der Waals surface area (Å²) in [4.78, 5) is 21.3. The van der Waals surface area contributed by atoms with Crippen LogP contribution in [-0.4, -0.2) is 35.3 Å². The molecule has 0 aliphatic carbocycles. The first-order valence-electron chi connectivity index (χ1n) is 6.04. The summed E-state index contributed by atoms with van der Waals surface area (Å²) in [7, 11) is 0. The summed E-state index contributed by atoms with van der Waals surface area (Å²) in [5, 5.41) is 23.0. The molecule has 0 bridgehead atoms. The van der Waals surface area contributed by atoms with E-state index >= 15 is 0 Å². The zero-order chi connectivity index (χ0) is 14.7. The van der Waals surface area contributed by atoms with Crippen LogP contribution in [0.4, 0.5) is 11.4 Å². The van der Waals surface area contributed by atoms with Crippen LogP contribution in [0.1, 0.15) is 23.2 Å². The minimum atomic E-state index is -1.26. The van der Waals surface area contributed by atoms with Crippen LogP contribution < -0.4 is 5.32 Å². The monoisotopic (exact) mass is 300 g/mol. The molecule has 108 valence electrons. The van der Waals surface area contributed by atoms with E-state index in [4.69, 9.17) is 16.3 Å². The van der Waals surface area contributed by atoms with Crippen LogP contribution in [0.5, 0.6) is 0 Å². The molecule has 2 N–H and O–H groups in total. The van der Waals surface area contributed by atoms with E-state index in [2.05, 4.69) is 5.32 Å². The maximum atomic E-state index is 11.2. The Labute approximate surface area is 119 Å². The maximum absolute atomic E-state index is 11.2. The van der Waals surface area contributed by atoms with Gasteiger partial charge in [0.15, 0.2) is 0 Å². The first-order chi connectivity index (χ1) is 9.49. The number of nitrogens with one attached hydrogen (secondary N) is 1. The molecule has 0 amide bonds. The number of hydrogen-bond acceptors (Lipinski definition) is 5. The molecule has 1 saturated heterocycles. The number of benzene rings is 1. The van der Waals surface area contributed by atoms with Crippen molar-refractivity contribution in [2.45, 2.75) is 18.9 Å². The normalized spacial score (nSPS) is 15.8. The van der Waals surface area contributed by atoms with Crippen molar-refractivity contribution in [3.8, 4) is 0 Å². The third-order valence-electron chi connectivity index (χ3n) is 3.09. The van der Waals surface area contributed by atoms with Crippen molar-refractivity contribution in [3.05, 3.63) is 32.8 Å². The minimum absolute atomic E-state index is 0.0306. The third kappa shape index (κ3) is 3.17. The Balaban J connectivity index is 2.35. The number of hydrogen-bond donors (Lipinski definition) is 2. The highest BCUT2D eigenvalue weighted by Crippen LogP contribution is 2.32. The van der Waals surface area contributed by atoms with E-state index in [1.165, 1.54) is 0 Å². The van der Waals surface area contributed by atoms with Gasteiger partial charge in [0.1, 0.15) is 0 Å². The van der Waals surface area contributed by atoms with Gasteiger partial charge in [-0.05, 0) is 12.8 Å². The zero-order valence-corrected chi connectivity index (χ0v) is 11.2. The van der Waals surface area contributed by atoms with Crippen molar-refractivity contribution >= 4 is 28.9 Å². The quantitative estimate of drug-likeness (QED) is 0.654. The standard InChI is InChI=1S/C12H13ClN2O5/c13-10-6-8(15(18)19)5-9(12(16)17)11(10)14-7-1-3-20-4-2-7/h5-7,14H,1-4H2,(H,16,17). The van der Waals surface area contributed by atoms with Crippen molar-refractivity contribution in [2.24, 2.45) is 0 Å². The van der Waals surface area contributed by atoms with Gasteiger partial charge in [0.25, 0.3) is 5.69 Å². The summed E-state index contributed by atoms with van der Waals surface area (Å²) >= 11 is 5.98. The zero-order valence-electron chi connectivity index (χ0n) is 10.5. The van der Waals surface area contributed by atoms with E-state index in [1.54, 1.807) is 0 Å². The van der Waals surface area contributed by atoms with Crippen molar-refractivity contribution in [1.82, 2.24) is 0 Å².